The number of hydrogen-bond donors (Lipinski definition) is 3. The van der Waals surface area contributed by atoms with E-state index in [0.717, 1.165) is 29.3 Å². The Morgan fingerprint density at radius 2 is 2.30 bits per heavy atom. The highest BCUT2D eigenvalue weighted by atomic mass is 16.5. The van der Waals surface area contributed by atoms with Crippen LogP contribution in [0.3, 0.4) is 0 Å². The quantitative estimate of drug-likeness (QED) is 0.736. The SMILES string of the molecule is Cc1ccc(-c2[nH]ncc2CNCC2(CO)COC2)o1. The number of furan rings is 1. The second-order valence-corrected chi connectivity index (χ2v) is 5.44. The number of aromatic nitrogens is 2. The summed E-state index contributed by atoms with van der Waals surface area (Å²) in [6, 6.07) is 3.86. The van der Waals surface area contributed by atoms with E-state index in [9.17, 15) is 5.11 Å². The number of hydrogen-bond acceptors (Lipinski definition) is 5. The van der Waals surface area contributed by atoms with Crippen LogP contribution in [0, 0.1) is 12.3 Å². The van der Waals surface area contributed by atoms with Crippen molar-refractivity contribution in [3.63, 3.8) is 0 Å². The minimum Gasteiger partial charge on any atom is -0.460 e. The summed E-state index contributed by atoms with van der Waals surface area (Å²) in [5.74, 6) is 1.67. The number of rotatable bonds is 6. The molecule has 1 fully saturated rings. The predicted molar refractivity (Wildman–Crippen MR) is 73.1 cm³/mol. The average Bonchev–Trinajstić information content (AvgIpc) is 3.01. The summed E-state index contributed by atoms with van der Waals surface area (Å²) >= 11 is 0. The first-order valence-corrected chi connectivity index (χ1v) is 6.71. The number of aliphatic hydroxyl groups excluding tert-OH is 1. The second-order valence-electron chi connectivity index (χ2n) is 5.44. The summed E-state index contributed by atoms with van der Waals surface area (Å²) in [7, 11) is 0. The normalized spacial score (nSPS) is 17.1. The van der Waals surface area contributed by atoms with Gasteiger partial charge in [0.05, 0.1) is 31.4 Å². The molecular weight excluding hydrogens is 258 g/mol. The zero-order chi connectivity index (χ0) is 14.0. The van der Waals surface area contributed by atoms with Gasteiger partial charge in [0.1, 0.15) is 11.5 Å². The highest BCUT2D eigenvalue weighted by Crippen LogP contribution is 2.26. The van der Waals surface area contributed by atoms with Gasteiger partial charge < -0.3 is 19.6 Å². The van der Waals surface area contributed by atoms with Crippen LogP contribution in [0.2, 0.25) is 0 Å². The number of aliphatic hydroxyl groups is 1. The molecule has 0 bridgehead atoms. The lowest BCUT2D eigenvalue weighted by Crippen LogP contribution is -2.52. The second kappa shape index (κ2) is 5.40. The van der Waals surface area contributed by atoms with E-state index in [4.69, 9.17) is 9.15 Å². The van der Waals surface area contributed by atoms with E-state index in [-0.39, 0.29) is 12.0 Å². The molecule has 108 valence electrons. The molecule has 2 aromatic heterocycles. The Morgan fingerprint density at radius 3 is 2.90 bits per heavy atom. The van der Waals surface area contributed by atoms with Gasteiger partial charge in [0.25, 0.3) is 0 Å². The number of aryl methyl sites for hydroxylation is 1. The van der Waals surface area contributed by atoms with Crippen molar-refractivity contribution < 1.29 is 14.3 Å². The molecule has 1 aliphatic rings. The summed E-state index contributed by atoms with van der Waals surface area (Å²) in [5, 5.41) is 19.8. The molecule has 3 N–H and O–H groups in total. The Hall–Kier alpha value is -1.63. The van der Waals surface area contributed by atoms with Crippen molar-refractivity contribution in [2.75, 3.05) is 26.4 Å². The summed E-state index contributed by atoms with van der Waals surface area (Å²) in [4.78, 5) is 0. The first-order chi connectivity index (χ1) is 9.72. The lowest BCUT2D eigenvalue weighted by Gasteiger charge is -2.40. The molecule has 0 amide bonds. The van der Waals surface area contributed by atoms with Gasteiger partial charge in [-0.2, -0.15) is 5.10 Å². The van der Waals surface area contributed by atoms with Crippen molar-refractivity contribution >= 4 is 0 Å². The van der Waals surface area contributed by atoms with Crippen molar-refractivity contribution in [3.8, 4) is 11.5 Å². The smallest absolute Gasteiger partial charge is 0.152 e. The van der Waals surface area contributed by atoms with Crippen LogP contribution >= 0.6 is 0 Å². The van der Waals surface area contributed by atoms with E-state index in [2.05, 4.69) is 15.5 Å². The number of ether oxygens (including phenoxy) is 1. The van der Waals surface area contributed by atoms with Crippen LogP contribution in [0.25, 0.3) is 11.5 Å². The van der Waals surface area contributed by atoms with E-state index in [1.807, 2.05) is 19.1 Å². The van der Waals surface area contributed by atoms with Gasteiger partial charge in [-0.1, -0.05) is 0 Å². The molecule has 0 spiro atoms. The van der Waals surface area contributed by atoms with Crippen LogP contribution < -0.4 is 5.32 Å². The first-order valence-electron chi connectivity index (χ1n) is 6.71. The van der Waals surface area contributed by atoms with Gasteiger partial charge in [-0.15, -0.1) is 0 Å². The Labute approximate surface area is 117 Å². The van der Waals surface area contributed by atoms with E-state index in [1.54, 1.807) is 6.20 Å². The van der Waals surface area contributed by atoms with Gasteiger partial charge >= 0.3 is 0 Å². The van der Waals surface area contributed by atoms with Crippen LogP contribution in [0.1, 0.15) is 11.3 Å². The molecule has 1 saturated heterocycles. The Kier molecular flexibility index (Phi) is 3.60. The molecule has 0 saturated carbocycles. The Morgan fingerprint density at radius 1 is 1.45 bits per heavy atom. The highest BCUT2D eigenvalue weighted by Gasteiger charge is 2.37. The highest BCUT2D eigenvalue weighted by molar-refractivity contribution is 5.56. The third kappa shape index (κ3) is 2.49. The molecular formula is C14H19N3O3. The van der Waals surface area contributed by atoms with Gasteiger partial charge in [-0.05, 0) is 19.1 Å². The van der Waals surface area contributed by atoms with Gasteiger partial charge in [-0.3, -0.25) is 5.10 Å². The van der Waals surface area contributed by atoms with Crippen molar-refractivity contribution in [1.29, 1.82) is 0 Å². The zero-order valence-corrected chi connectivity index (χ0v) is 11.5. The predicted octanol–water partition coefficient (Wildman–Crippen LogP) is 1.08. The summed E-state index contributed by atoms with van der Waals surface area (Å²) in [6.45, 7) is 4.70. The molecule has 20 heavy (non-hydrogen) atoms. The molecule has 2 aromatic rings. The molecule has 6 nitrogen and oxygen atoms in total. The number of H-pyrrole nitrogens is 1. The minimum absolute atomic E-state index is 0.120. The zero-order valence-electron chi connectivity index (χ0n) is 11.5. The molecule has 0 atom stereocenters. The maximum atomic E-state index is 9.38. The van der Waals surface area contributed by atoms with Crippen LogP contribution in [0.4, 0.5) is 0 Å². The van der Waals surface area contributed by atoms with Crippen LogP contribution in [-0.2, 0) is 11.3 Å². The summed E-state index contributed by atoms with van der Waals surface area (Å²) in [6.07, 6.45) is 1.79. The van der Waals surface area contributed by atoms with E-state index >= 15 is 0 Å². The fourth-order valence-electron chi connectivity index (χ4n) is 2.33. The van der Waals surface area contributed by atoms with Crippen molar-refractivity contribution in [1.82, 2.24) is 15.5 Å². The maximum Gasteiger partial charge on any atom is 0.152 e. The van der Waals surface area contributed by atoms with E-state index in [0.29, 0.717) is 19.8 Å². The lowest BCUT2D eigenvalue weighted by atomic mass is 9.87. The Balaban J connectivity index is 1.62. The third-order valence-corrected chi connectivity index (χ3v) is 3.67. The first kappa shape index (κ1) is 13.4. The Bertz CT molecular complexity index is 566. The topological polar surface area (TPSA) is 83.3 Å². The van der Waals surface area contributed by atoms with Gasteiger partial charge in [-0.25, -0.2) is 0 Å². The monoisotopic (exact) mass is 277 g/mol. The molecule has 0 aliphatic carbocycles. The summed E-state index contributed by atoms with van der Waals surface area (Å²) < 4.78 is 10.8. The molecule has 3 rings (SSSR count). The number of nitrogens with one attached hydrogen (secondary N) is 2. The standard InChI is InChI=1S/C14H19N3O3/c1-10-2-3-12(20-10)13-11(5-16-17-13)4-15-6-14(7-18)8-19-9-14/h2-3,5,15,18H,4,6-9H2,1H3,(H,16,17). The van der Waals surface area contributed by atoms with Gasteiger partial charge in [0, 0.05) is 18.7 Å². The summed E-state index contributed by atoms with van der Waals surface area (Å²) in [5.41, 5.74) is 1.83. The van der Waals surface area contributed by atoms with Gasteiger partial charge in [0.15, 0.2) is 5.76 Å². The molecule has 0 unspecified atom stereocenters. The maximum absolute atomic E-state index is 9.38. The van der Waals surface area contributed by atoms with Crippen LogP contribution in [-0.4, -0.2) is 41.7 Å². The molecule has 0 aromatic carbocycles. The van der Waals surface area contributed by atoms with Crippen molar-refractivity contribution in [3.05, 3.63) is 29.7 Å². The molecule has 6 heteroatoms. The average molecular weight is 277 g/mol. The van der Waals surface area contributed by atoms with Crippen molar-refractivity contribution in [2.45, 2.75) is 13.5 Å². The fourth-order valence-corrected chi connectivity index (χ4v) is 2.33. The molecule has 3 heterocycles. The minimum atomic E-state index is -0.120. The van der Waals surface area contributed by atoms with Crippen LogP contribution in [0.5, 0.6) is 0 Å². The van der Waals surface area contributed by atoms with E-state index < -0.39 is 0 Å². The lowest BCUT2D eigenvalue weighted by molar-refractivity contribution is -0.134. The number of nitrogens with zero attached hydrogens (tertiary/aromatic N) is 1. The number of aromatic amines is 1. The molecule has 1 aliphatic heterocycles. The third-order valence-electron chi connectivity index (χ3n) is 3.67. The van der Waals surface area contributed by atoms with E-state index in [1.165, 1.54) is 0 Å². The molecule has 0 radical (unpaired) electrons. The fraction of sp³-hybridized carbons (Fsp3) is 0.500. The van der Waals surface area contributed by atoms with Gasteiger partial charge in [0.2, 0.25) is 0 Å². The largest absolute Gasteiger partial charge is 0.460 e. The van der Waals surface area contributed by atoms with Crippen LogP contribution in [0.15, 0.2) is 22.7 Å². The van der Waals surface area contributed by atoms with Crippen molar-refractivity contribution in [2.24, 2.45) is 5.41 Å².